The molecule has 1 N–H and O–H groups in total. The molecular weight excluding hydrogens is 244 g/mol. The van der Waals surface area contributed by atoms with Crippen LogP contribution in [0.3, 0.4) is 0 Å². The Kier molecular flexibility index (Phi) is 4.97. The summed E-state index contributed by atoms with van der Waals surface area (Å²) in [5.41, 5.74) is 4.83. The van der Waals surface area contributed by atoms with Gasteiger partial charge in [0.25, 0.3) is 0 Å². The third-order valence-electron chi connectivity index (χ3n) is 3.85. The quantitative estimate of drug-likeness (QED) is 0.837. The molecule has 0 bridgehead atoms. The highest BCUT2D eigenvalue weighted by Crippen LogP contribution is 2.21. The molecule has 0 fully saturated rings. The lowest BCUT2D eigenvalue weighted by Gasteiger charge is -2.13. The molecule has 2 rings (SSSR count). The second-order valence-electron chi connectivity index (χ2n) is 5.71. The molecule has 0 aliphatic carbocycles. The van der Waals surface area contributed by atoms with Crippen LogP contribution in [0.15, 0.2) is 48.5 Å². The Labute approximate surface area is 122 Å². The van der Waals surface area contributed by atoms with Crippen molar-refractivity contribution in [2.24, 2.45) is 0 Å². The normalized spacial score (nSPS) is 12.7. The van der Waals surface area contributed by atoms with Crippen LogP contribution in [-0.4, -0.2) is 5.11 Å². The summed E-state index contributed by atoms with van der Waals surface area (Å²) in [7, 11) is 0. The van der Waals surface area contributed by atoms with E-state index in [0.717, 1.165) is 12.0 Å². The first-order valence-corrected chi connectivity index (χ1v) is 7.46. The maximum absolute atomic E-state index is 10.3. The summed E-state index contributed by atoms with van der Waals surface area (Å²) in [5.74, 6) is 0.551. The first-order valence-electron chi connectivity index (χ1n) is 7.46. The second-order valence-corrected chi connectivity index (χ2v) is 5.71. The Balaban J connectivity index is 2.04. The van der Waals surface area contributed by atoms with Gasteiger partial charge in [-0.3, -0.25) is 0 Å². The van der Waals surface area contributed by atoms with Crippen LogP contribution >= 0.6 is 0 Å². The molecule has 1 heteroatoms. The smallest absolute Gasteiger partial charge is 0.0830 e. The van der Waals surface area contributed by atoms with Crippen LogP contribution in [0.1, 0.15) is 55.0 Å². The Bertz CT molecular complexity index is 523. The fraction of sp³-hybridized carbons (Fsp3) is 0.368. The zero-order chi connectivity index (χ0) is 14.5. The standard InChI is InChI=1S/C19H24O/c1-4-15-5-11-18(12-6-15)19(20)13-16-7-9-17(10-8-16)14(2)3/h5-12,14,19-20H,4,13H2,1-3H3. The molecule has 2 aromatic carbocycles. The van der Waals surface area contributed by atoms with Crippen LogP contribution in [0, 0.1) is 0 Å². The molecule has 106 valence electrons. The van der Waals surface area contributed by atoms with Gasteiger partial charge in [-0.15, -0.1) is 0 Å². The lowest BCUT2D eigenvalue weighted by molar-refractivity contribution is 0.178. The van der Waals surface area contributed by atoms with Crippen molar-refractivity contribution >= 4 is 0 Å². The van der Waals surface area contributed by atoms with Crippen molar-refractivity contribution in [3.05, 3.63) is 70.8 Å². The molecular formula is C19H24O. The second kappa shape index (κ2) is 6.71. The SMILES string of the molecule is CCc1ccc(C(O)Cc2ccc(C(C)C)cc2)cc1. The molecule has 0 amide bonds. The van der Waals surface area contributed by atoms with Gasteiger partial charge in [0.05, 0.1) is 6.10 Å². The molecule has 0 aromatic heterocycles. The van der Waals surface area contributed by atoms with Crippen molar-refractivity contribution in [3.8, 4) is 0 Å². The van der Waals surface area contributed by atoms with E-state index in [-0.39, 0.29) is 0 Å². The van der Waals surface area contributed by atoms with Crippen molar-refractivity contribution in [3.63, 3.8) is 0 Å². The minimum atomic E-state index is -0.425. The van der Waals surface area contributed by atoms with Crippen molar-refractivity contribution in [1.82, 2.24) is 0 Å². The van der Waals surface area contributed by atoms with E-state index in [1.165, 1.54) is 16.7 Å². The predicted octanol–water partition coefficient (Wildman–Crippen LogP) is 4.65. The maximum atomic E-state index is 10.3. The Hall–Kier alpha value is -1.60. The molecule has 1 nitrogen and oxygen atoms in total. The highest BCUT2D eigenvalue weighted by Gasteiger charge is 2.09. The van der Waals surface area contributed by atoms with Gasteiger partial charge in [0.2, 0.25) is 0 Å². The van der Waals surface area contributed by atoms with Crippen LogP contribution in [0.2, 0.25) is 0 Å². The summed E-state index contributed by atoms with van der Waals surface area (Å²) in [6, 6.07) is 16.8. The number of aliphatic hydroxyl groups is 1. The van der Waals surface area contributed by atoms with Crippen LogP contribution < -0.4 is 0 Å². The van der Waals surface area contributed by atoms with Crippen molar-refractivity contribution in [1.29, 1.82) is 0 Å². The van der Waals surface area contributed by atoms with E-state index in [4.69, 9.17) is 0 Å². The maximum Gasteiger partial charge on any atom is 0.0830 e. The molecule has 0 saturated heterocycles. The molecule has 0 spiro atoms. The van der Waals surface area contributed by atoms with Gasteiger partial charge < -0.3 is 5.11 Å². The zero-order valence-corrected chi connectivity index (χ0v) is 12.6. The number of hydrogen-bond acceptors (Lipinski definition) is 1. The molecule has 1 atom stereocenters. The lowest BCUT2D eigenvalue weighted by Crippen LogP contribution is -2.02. The molecule has 0 heterocycles. The number of aryl methyl sites for hydroxylation is 1. The summed E-state index contributed by atoms with van der Waals surface area (Å²) in [4.78, 5) is 0. The summed E-state index contributed by atoms with van der Waals surface area (Å²) >= 11 is 0. The van der Waals surface area contributed by atoms with Gasteiger partial charge in [-0.1, -0.05) is 69.3 Å². The Morgan fingerprint density at radius 2 is 1.30 bits per heavy atom. The van der Waals surface area contributed by atoms with Crippen molar-refractivity contribution in [2.45, 2.75) is 45.6 Å². The van der Waals surface area contributed by atoms with Gasteiger partial charge in [0.1, 0.15) is 0 Å². The number of aliphatic hydroxyl groups excluding tert-OH is 1. The van der Waals surface area contributed by atoms with Crippen LogP contribution in [0.25, 0.3) is 0 Å². The van der Waals surface area contributed by atoms with Gasteiger partial charge in [0, 0.05) is 6.42 Å². The number of benzene rings is 2. The predicted molar refractivity (Wildman–Crippen MR) is 85.0 cm³/mol. The van der Waals surface area contributed by atoms with Crippen LogP contribution in [0.5, 0.6) is 0 Å². The fourth-order valence-corrected chi connectivity index (χ4v) is 2.36. The van der Waals surface area contributed by atoms with E-state index in [1.807, 2.05) is 12.1 Å². The summed E-state index contributed by atoms with van der Waals surface area (Å²) in [6.45, 7) is 6.53. The average molecular weight is 268 g/mol. The van der Waals surface area contributed by atoms with E-state index < -0.39 is 6.10 Å². The van der Waals surface area contributed by atoms with E-state index in [2.05, 4.69) is 57.2 Å². The lowest BCUT2D eigenvalue weighted by atomic mass is 9.97. The third-order valence-corrected chi connectivity index (χ3v) is 3.85. The Morgan fingerprint density at radius 1 is 0.800 bits per heavy atom. The van der Waals surface area contributed by atoms with Crippen molar-refractivity contribution < 1.29 is 5.11 Å². The first-order chi connectivity index (χ1) is 9.60. The summed E-state index contributed by atoms with van der Waals surface area (Å²) in [6.07, 6.45) is 1.28. The number of hydrogen-bond donors (Lipinski definition) is 1. The minimum absolute atomic E-state index is 0.425. The zero-order valence-electron chi connectivity index (χ0n) is 12.6. The average Bonchev–Trinajstić information content (AvgIpc) is 2.48. The van der Waals surface area contributed by atoms with E-state index >= 15 is 0 Å². The van der Waals surface area contributed by atoms with Crippen molar-refractivity contribution in [2.75, 3.05) is 0 Å². The monoisotopic (exact) mass is 268 g/mol. The summed E-state index contributed by atoms with van der Waals surface area (Å²) in [5, 5.41) is 10.3. The minimum Gasteiger partial charge on any atom is -0.388 e. The molecule has 0 aliphatic rings. The van der Waals surface area contributed by atoms with E-state index in [0.29, 0.717) is 12.3 Å². The van der Waals surface area contributed by atoms with E-state index in [1.54, 1.807) is 0 Å². The molecule has 20 heavy (non-hydrogen) atoms. The molecule has 1 unspecified atom stereocenters. The van der Waals surface area contributed by atoms with Gasteiger partial charge in [0.15, 0.2) is 0 Å². The van der Waals surface area contributed by atoms with Crippen LogP contribution in [-0.2, 0) is 12.8 Å². The highest BCUT2D eigenvalue weighted by atomic mass is 16.3. The topological polar surface area (TPSA) is 20.2 Å². The van der Waals surface area contributed by atoms with Gasteiger partial charge >= 0.3 is 0 Å². The Morgan fingerprint density at radius 3 is 1.80 bits per heavy atom. The van der Waals surface area contributed by atoms with Crippen LogP contribution in [0.4, 0.5) is 0 Å². The molecule has 0 saturated carbocycles. The van der Waals surface area contributed by atoms with Gasteiger partial charge in [-0.25, -0.2) is 0 Å². The van der Waals surface area contributed by atoms with Gasteiger partial charge in [-0.05, 0) is 34.6 Å². The first kappa shape index (κ1) is 14.8. The van der Waals surface area contributed by atoms with E-state index in [9.17, 15) is 5.11 Å². The molecule has 2 aromatic rings. The highest BCUT2D eigenvalue weighted by molar-refractivity contribution is 5.28. The molecule has 0 radical (unpaired) electrons. The largest absolute Gasteiger partial charge is 0.388 e. The van der Waals surface area contributed by atoms with Gasteiger partial charge in [-0.2, -0.15) is 0 Å². The molecule has 0 aliphatic heterocycles. The summed E-state index contributed by atoms with van der Waals surface area (Å²) < 4.78 is 0. The third kappa shape index (κ3) is 3.71. The number of rotatable bonds is 5. The fourth-order valence-electron chi connectivity index (χ4n) is 2.36.